The van der Waals surface area contributed by atoms with Gasteiger partial charge in [0.25, 0.3) is 0 Å². The Morgan fingerprint density at radius 2 is 1.86 bits per heavy atom. The lowest BCUT2D eigenvalue weighted by atomic mass is 9.83. The van der Waals surface area contributed by atoms with Crippen LogP contribution < -0.4 is 5.32 Å². The topological polar surface area (TPSA) is 53.4 Å². The van der Waals surface area contributed by atoms with Crippen molar-refractivity contribution in [3.63, 3.8) is 0 Å². The third kappa shape index (κ3) is 4.22. The molecule has 1 aromatic heterocycles. The molecule has 0 bridgehead atoms. The predicted molar refractivity (Wildman–Crippen MR) is 111 cm³/mol. The average molecular weight is 382 g/mol. The third-order valence-electron chi connectivity index (χ3n) is 6.24. The summed E-state index contributed by atoms with van der Waals surface area (Å²) in [5.74, 6) is 1.35. The molecule has 1 aliphatic heterocycles. The average Bonchev–Trinajstić information content (AvgIpc) is 2.99. The van der Waals surface area contributed by atoms with Gasteiger partial charge in [-0.25, -0.2) is 4.79 Å². The van der Waals surface area contributed by atoms with Crippen LogP contribution in [0.1, 0.15) is 49.3 Å². The molecule has 0 spiro atoms. The zero-order valence-corrected chi connectivity index (χ0v) is 17.0. The summed E-state index contributed by atoms with van der Waals surface area (Å²) >= 11 is 0. The third-order valence-corrected chi connectivity index (χ3v) is 6.24. The van der Waals surface area contributed by atoms with E-state index in [1.165, 1.54) is 19.3 Å². The van der Waals surface area contributed by atoms with Crippen molar-refractivity contribution in [2.75, 3.05) is 25.5 Å². The fourth-order valence-electron chi connectivity index (χ4n) is 4.14. The van der Waals surface area contributed by atoms with Gasteiger partial charge in [0.05, 0.1) is 5.69 Å². The number of likely N-dealkylation sites (tertiary alicyclic amines) is 1. The summed E-state index contributed by atoms with van der Waals surface area (Å²) in [5, 5.41) is 7.76. The monoisotopic (exact) mass is 381 g/mol. The van der Waals surface area contributed by atoms with Gasteiger partial charge in [0, 0.05) is 31.6 Å². The number of amides is 2. The Bertz CT molecular complexity index is 791. The van der Waals surface area contributed by atoms with E-state index in [0.29, 0.717) is 12.5 Å². The molecule has 6 heteroatoms. The van der Waals surface area contributed by atoms with Crippen molar-refractivity contribution in [2.45, 2.75) is 50.6 Å². The Morgan fingerprint density at radius 1 is 1.14 bits per heavy atom. The van der Waals surface area contributed by atoms with Gasteiger partial charge in [-0.05, 0) is 51.4 Å². The minimum absolute atomic E-state index is 0.0263. The number of aromatic nitrogens is 2. The van der Waals surface area contributed by atoms with Crippen LogP contribution in [0.5, 0.6) is 0 Å². The fourth-order valence-corrected chi connectivity index (χ4v) is 4.14. The number of carbonyl (C=O) groups is 1. The van der Waals surface area contributed by atoms with Crippen molar-refractivity contribution in [1.29, 1.82) is 0 Å². The minimum atomic E-state index is -0.0263. The van der Waals surface area contributed by atoms with Gasteiger partial charge < -0.3 is 9.80 Å². The number of nitrogens with zero attached hydrogens (tertiary/aromatic N) is 4. The number of urea groups is 1. The van der Waals surface area contributed by atoms with E-state index in [-0.39, 0.29) is 12.1 Å². The maximum Gasteiger partial charge on any atom is 0.323 e. The van der Waals surface area contributed by atoms with Crippen LogP contribution in [0.3, 0.4) is 0 Å². The number of aryl methyl sites for hydroxylation is 1. The molecule has 0 unspecified atom stereocenters. The number of hydrogen-bond acceptors (Lipinski definition) is 3. The van der Waals surface area contributed by atoms with Gasteiger partial charge in [0.15, 0.2) is 0 Å². The molecule has 28 heavy (non-hydrogen) atoms. The van der Waals surface area contributed by atoms with Crippen LogP contribution in [0.4, 0.5) is 10.6 Å². The second kappa shape index (κ2) is 8.35. The largest absolute Gasteiger partial charge is 0.323 e. The quantitative estimate of drug-likeness (QED) is 0.857. The van der Waals surface area contributed by atoms with Crippen molar-refractivity contribution in [3.05, 3.63) is 47.7 Å². The standard InChI is InChI=1S/C22H31N5O/c1-25-13-11-19(12-14-25)27(16-17-7-4-3-5-8-17)22(28)23-21-15-20(24-26(21)2)18-9-6-10-18/h3-5,7-8,15,18-19H,6,9-14,16H2,1-2H3,(H,23,28). The number of anilines is 1. The van der Waals surface area contributed by atoms with Crippen molar-refractivity contribution in [1.82, 2.24) is 19.6 Å². The number of benzene rings is 1. The molecule has 150 valence electrons. The first-order valence-electron chi connectivity index (χ1n) is 10.4. The molecule has 4 rings (SSSR count). The van der Waals surface area contributed by atoms with Gasteiger partial charge in [-0.2, -0.15) is 5.10 Å². The van der Waals surface area contributed by atoms with E-state index < -0.39 is 0 Å². The SMILES string of the molecule is CN1CCC(N(Cc2ccccc2)C(=O)Nc2cc(C3CCC3)nn2C)CC1. The van der Waals surface area contributed by atoms with Gasteiger partial charge in [-0.3, -0.25) is 10.00 Å². The zero-order chi connectivity index (χ0) is 19.5. The molecule has 1 saturated carbocycles. The minimum Gasteiger partial charge on any atom is -0.317 e. The maximum absolute atomic E-state index is 13.3. The fraction of sp³-hybridized carbons (Fsp3) is 0.545. The van der Waals surface area contributed by atoms with Crippen molar-refractivity contribution in [2.24, 2.45) is 7.05 Å². The van der Waals surface area contributed by atoms with Crippen molar-refractivity contribution in [3.8, 4) is 0 Å². The van der Waals surface area contributed by atoms with E-state index in [1.54, 1.807) is 4.68 Å². The molecule has 2 aromatic rings. The molecular weight excluding hydrogens is 350 g/mol. The predicted octanol–water partition coefficient (Wildman–Crippen LogP) is 3.82. The second-order valence-corrected chi connectivity index (χ2v) is 8.28. The summed E-state index contributed by atoms with van der Waals surface area (Å²) in [5.41, 5.74) is 2.27. The first-order valence-corrected chi connectivity index (χ1v) is 10.4. The van der Waals surface area contributed by atoms with Crippen LogP contribution >= 0.6 is 0 Å². The van der Waals surface area contributed by atoms with Crippen LogP contribution in [0.2, 0.25) is 0 Å². The van der Waals surface area contributed by atoms with Crippen LogP contribution in [-0.4, -0.2) is 51.8 Å². The van der Waals surface area contributed by atoms with Crippen molar-refractivity contribution < 1.29 is 4.79 Å². The normalized spacial score (nSPS) is 18.6. The lowest BCUT2D eigenvalue weighted by Crippen LogP contribution is -2.47. The number of carbonyl (C=O) groups excluding carboxylic acids is 1. The molecule has 0 radical (unpaired) electrons. The van der Waals surface area contributed by atoms with Crippen LogP contribution in [-0.2, 0) is 13.6 Å². The molecular formula is C22H31N5O. The van der Waals surface area contributed by atoms with E-state index in [0.717, 1.165) is 43.0 Å². The number of rotatable bonds is 5. The summed E-state index contributed by atoms with van der Waals surface area (Å²) in [4.78, 5) is 17.6. The van der Waals surface area contributed by atoms with E-state index in [9.17, 15) is 4.79 Å². The maximum atomic E-state index is 13.3. The van der Waals surface area contributed by atoms with Gasteiger partial charge in [-0.15, -0.1) is 0 Å². The molecule has 2 aliphatic rings. The van der Waals surface area contributed by atoms with Gasteiger partial charge >= 0.3 is 6.03 Å². The van der Waals surface area contributed by atoms with Gasteiger partial charge in [-0.1, -0.05) is 36.8 Å². The van der Waals surface area contributed by atoms with Gasteiger partial charge in [0.2, 0.25) is 0 Å². The number of piperidine rings is 1. The first-order chi connectivity index (χ1) is 13.6. The highest BCUT2D eigenvalue weighted by atomic mass is 16.2. The molecule has 1 N–H and O–H groups in total. The van der Waals surface area contributed by atoms with E-state index in [2.05, 4.69) is 40.6 Å². The molecule has 6 nitrogen and oxygen atoms in total. The molecule has 2 fully saturated rings. The Hall–Kier alpha value is -2.34. The molecule has 2 amide bonds. The van der Waals surface area contributed by atoms with E-state index in [1.807, 2.05) is 30.1 Å². The highest BCUT2D eigenvalue weighted by Gasteiger charge is 2.28. The van der Waals surface area contributed by atoms with Gasteiger partial charge in [0.1, 0.15) is 5.82 Å². The second-order valence-electron chi connectivity index (χ2n) is 8.28. The molecule has 2 heterocycles. The van der Waals surface area contributed by atoms with Crippen LogP contribution in [0, 0.1) is 0 Å². The van der Waals surface area contributed by atoms with E-state index in [4.69, 9.17) is 0 Å². The first kappa shape index (κ1) is 19.0. The Balaban J connectivity index is 1.50. The Kier molecular flexibility index (Phi) is 5.67. The summed E-state index contributed by atoms with van der Waals surface area (Å²) < 4.78 is 1.81. The summed E-state index contributed by atoms with van der Waals surface area (Å²) in [6.07, 6.45) is 5.72. The molecule has 1 aromatic carbocycles. The number of hydrogen-bond donors (Lipinski definition) is 1. The van der Waals surface area contributed by atoms with Crippen molar-refractivity contribution >= 4 is 11.8 Å². The smallest absolute Gasteiger partial charge is 0.317 e. The summed E-state index contributed by atoms with van der Waals surface area (Å²) in [6.45, 7) is 2.69. The number of nitrogens with one attached hydrogen (secondary N) is 1. The zero-order valence-electron chi connectivity index (χ0n) is 17.0. The van der Waals surface area contributed by atoms with Crippen LogP contribution in [0.15, 0.2) is 36.4 Å². The summed E-state index contributed by atoms with van der Waals surface area (Å²) in [7, 11) is 4.06. The molecule has 1 saturated heterocycles. The lowest BCUT2D eigenvalue weighted by molar-refractivity contribution is 0.135. The summed E-state index contributed by atoms with van der Waals surface area (Å²) in [6, 6.07) is 12.6. The lowest BCUT2D eigenvalue weighted by Gasteiger charge is -2.37. The van der Waals surface area contributed by atoms with Crippen LogP contribution in [0.25, 0.3) is 0 Å². The van der Waals surface area contributed by atoms with E-state index >= 15 is 0 Å². The Labute approximate surface area is 167 Å². The highest BCUT2D eigenvalue weighted by Crippen LogP contribution is 2.36. The Morgan fingerprint density at radius 3 is 2.50 bits per heavy atom. The molecule has 1 aliphatic carbocycles. The highest BCUT2D eigenvalue weighted by molar-refractivity contribution is 5.88. The molecule has 0 atom stereocenters.